The van der Waals surface area contributed by atoms with Gasteiger partial charge in [0, 0.05) is 29.3 Å². The van der Waals surface area contributed by atoms with Gasteiger partial charge in [-0.1, -0.05) is 80.6 Å². The third kappa shape index (κ3) is 7.44. The maximum absolute atomic E-state index is 14.5. The minimum Gasteiger partial charge on any atom is -0.463 e. The molecule has 2 heterocycles. The van der Waals surface area contributed by atoms with Crippen LogP contribution in [0.1, 0.15) is 110 Å². The average molecular weight is 731 g/mol. The van der Waals surface area contributed by atoms with Crippen molar-refractivity contribution in [2.24, 2.45) is 0 Å². The molecule has 4 aromatic rings. The summed E-state index contributed by atoms with van der Waals surface area (Å²) in [5, 5.41) is 19.8. The van der Waals surface area contributed by atoms with Gasteiger partial charge in [-0.15, -0.1) is 0 Å². The number of rotatable bonds is 12. The van der Waals surface area contributed by atoms with E-state index < -0.39 is 17.6 Å². The summed E-state index contributed by atoms with van der Waals surface area (Å²) in [5.74, 6) is -0.774. The predicted octanol–water partition coefficient (Wildman–Crippen LogP) is 7.21. The lowest BCUT2D eigenvalue weighted by Crippen LogP contribution is -2.55. The second-order valence-electron chi connectivity index (χ2n) is 14.8. The van der Waals surface area contributed by atoms with Crippen LogP contribution in [0, 0.1) is 0 Å². The molecule has 282 valence electrons. The summed E-state index contributed by atoms with van der Waals surface area (Å²) in [7, 11) is 0. The molecule has 1 atom stereocenters. The van der Waals surface area contributed by atoms with E-state index in [0.29, 0.717) is 49.5 Å². The molecule has 10 nitrogen and oxygen atoms in total. The summed E-state index contributed by atoms with van der Waals surface area (Å²) in [6, 6.07) is 20.9. The van der Waals surface area contributed by atoms with E-state index in [1.165, 1.54) is 18.1 Å². The second kappa shape index (κ2) is 16.4. The Kier molecular flexibility index (Phi) is 11.3. The summed E-state index contributed by atoms with van der Waals surface area (Å²) in [4.78, 5) is 54.1. The van der Waals surface area contributed by atoms with Gasteiger partial charge < -0.3 is 30.4 Å². The van der Waals surface area contributed by atoms with Gasteiger partial charge in [-0.25, -0.2) is 4.79 Å². The number of carbonyl (C=O) groups is 4. The van der Waals surface area contributed by atoms with E-state index in [4.69, 9.17) is 4.74 Å². The highest BCUT2D eigenvalue weighted by Gasteiger charge is 2.44. The third-order valence-electron chi connectivity index (χ3n) is 11.4. The van der Waals surface area contributed by atoms with Gasteiger partial charge in [0.05, 0.1) is 24.4 Å². The van der Waals surface area contributed by atoms with Crippen LogP contribution in [0.25, 0.3) is 28.2 Å². The minimum absolute atomic E-state index is 0.140. The van der Waals surface area contributed by atoms with Crippen molar-refractivity contribution in [3.63, 3.8) is 0 Å². The number of aromatic nitrogens is 1. The lowest BCUT2D eigenvalue weighted by atomic mass is 9.81. The highest BCUT2D eigenvalue weighted by Crippen LogP contribution is 2.49. The molecule has 3 aromatic carbocycles. The molecule has 0 saturated heterocycles. The van der Waals surface area contributed by atoms with Crippen molar-refractivity contribution in [2.75, 3.05) is 25.1 Å². The number of nitrogens with zero attached hydrogens (tertiary/aromatic N) is 1. The molecule has 2 aliphatic carbocycles. The number of esters is 1. The first-order valence-electron chi connectivity index (χ1n) is 19.6. The van der Waals surface area contributed by atoms with Crippen LogP contribution in [0.15, 0.2) is 72.8 Å². The molecule has 3 aliphatic rings. The number of amides is 3. The van der Waals surface area contributed by atoms with Crippen LogP contribution < -0.4 is 16.0 Å². The number of aryl methyl sites for hydroxylation is 1. The Labute approximate surface area is 316 Å². The SMILES string of the molecule is CCOC(=O)/C=C/c1ccc(NC(=O)C2(NC(=O)c3ccc4c(C5CCCCC5)c(-c5ccccc5)n5c4c3CCC5C(=O)NCCO)CCCC2)cc1. The smallest absolute Gasteiger partial charge is 0.330 e. The summed E-state index contributed by atoms with van der Waals surface area (Å²) in [5.41, 5.74) is 5.98. The van der Waals surface area contributed by atoms with Crippen LogP contribution in [-0.4, -0.2) is 58.7 Å². The number of aliphatic hydroxyl groups is 1. The van der Waals surface area contributed by atoms with Gasteiger partial charge in [0.1, 0.15) is 11.6 Å². The standard InChI is InChI=1S/C44H50N4O6/c1-2-54-37(50)24-17-29-15-18-32(19-16-29)46-43(53)44(25-9-10-26-44)47-41(51)34-20-21-35-38(30-11-5-3-6-12-30)39(31-13-7-4-8-14-31)48-36(42(52)45-27-28-49)23-22-33(34)40(35)48/h4,7-8,13-21,24,30,36,49H,2-3,5-6,9-12,22-23,25-28H2,1H3,(H,45,52)(H,46,53)(H,47,51)/b24-17+. The largest absolute Gasteiger partial charge is 0.463 e. The molecule has 10 heteroatoms. The number of benzene rings is 3. The molecule has 4 N–H and O–H groups in total. The third-order valence-corrected chi connectivity index (χ3v) is 11.4. The van der Waals surface area contributed by atoms with Crippen LogP contribution in [0.2, 0.25) is 0 Å². The number of aliphatic hydroxyl groups excluding tert-OH is 1. The zero-order valence-electron chi connectivity index (χ0n) is 31.0. The van der Waals surface area contributed by atoms with Crippen LogP contribution in [0.5, 0.6) is 0 Å². The van der Waals surface area contributed by atoms with Crippen molar-refractivity contribution >= 4 is 46.4 Å². The molecular formula is C44H50N4O6. The molecule has 1 aromatic heterocycles. The molecular weight excluding hydrogens is 681 g/mol. The monoisotopic (exact) mass is 730 g/mol. The molecule has 2 saturated carbocycles. The molecule has 1 aliphatic heterocycles. The lowest BCUT2D eigenvalue weighted by Gasteiger charge is -2.31. The molecule has 0 bridgehead atoms. The number of ether oxygens (including phenoxy) is 1. The van der Waals surface area contributed by atoms with Crippen LogP contribution in [-0.2, 0) is 25.5 Å². The molecule has 0 radical (unpaired) electrons. The van der Waals surface area contributed by atoms with Crippen molar-refractivity contribution in [3.8, 4) is 11.3 Å². The van der Waals surface area contributed by atoms with Gasteiger partial charge in [0.25, 0.3) is 5.91 Å². The van der Waals surface area contributed by atoms with Crippen molar-refractivity contribution in [1.29, 1.82) is 0 Å². The Hall–Kier alpha value is -5.22. The number of hydrogen-bond donors (Lipinski definition) is 4. The van der Waals surface area contributed by atoms with E-state index in [1.807, 2.05) is 36.4 Å². The first-order chi connectivity index (χ1) is 26.3. The van der Waals surface area contributed by atoms with Gasteiger partial charge in [-0.2, -0.15) is 0 Å². The Bertz CT molecular complexity index is 2040. The molecule has 7 rings (SSSR count). The van der Waals surface area contributed by atoms with Gasteiger partial charge in [-0.3, -0.25) is 14.4 Å². The summed E-state index contributed by atoms with van der Waals surface area (Å²) in [6.45, 7) is 2.09. The topological polar surface area (TPSA) is 139 Å². The van der Waals surface area contributed by atoms with Crippen molar-refractivity contribution in [1.82, 2.24) is 15.2 Å². The lowest BCUT2D eigenvalue weighted by molar-refractivity contribution is -0.137. The van der Waals surface area contributed by atoms with Crippen molar-refractivity contribution in [3.05, 3.63) is 95.1 Å². The Morgan fingerprint density at radius 3 is 2.35 bits per heavy atom. The van der Waals surface area contributed by atoms with E-state index in [9.17, 15) is 24.3 Å². The van der Waals surface area contributed by atoms with Gasteiger partial charge in [0.15, 0.2) is 0 Å². The minimum atomic E-state index is -1.08. The normalized spacial score (nSPS) is 18.1. The van der Waals surface area contributed by atoms with Crippen LogP contribution >= 0.6 is 0 Å². The van der Waals surface area contributed by atoms with E-state index in [-0.39, 0.29) is 30.9 Å². The maximum atomic E-state index is 14.5. The number of nitrogens with one attached hydrogen (secondary N) is 3. The number of carbonyl (C=O) groups excluding carboxylic acids is 4. The van der Waals surface area contributed by atoms with Crippen LogP contribution in [0.3, 0.4) is 0 Å². The predicted molar refractivity (Wildman–Crippen MR) is 210 cm³/mol. The fourth-order valence-corrected chi connectivity index (χ4v) is 8.88. The van der Waals surface area contributed by atoms with Crippen LogP contribution in [0.4, 0.5) is 5.69 Å². The molecule has 54 heavy (non-hydrogen) atoms. The highest BCUT2D eigenvalue weighted by molar-refractivity contribution is 6.08. The zero-order valence-corrected chi connectivity index (χ0v) is 31.0. The number of anilines is 1. The summed E-state index contributed by atoms with van der Waals surface area (Å²) < 4.78 is 7.13. The molecule has 3 amide bonds. The Morgan fingerprint density at radius 2 is 1.65 bits per heavy atom. The van der Waals surface area contributed by atoms with Gasteiger partial charge >= 0.3 is 5.97 Å². The zero-order chi connectivity index (χ0) is 37.7. The first-order valence-corrected chi connectivity index (χ1v) is 19.6. The molecule has 1 unspecified atom stereocenters. The molecule has 0 spiro atoms. The van der Waals surface area contributed by atoms with E-state index >= 15 is 0 Å². The van der Waals surface area contributed by atoms with E-state index in [0.717, 1.165) is 71.8 Å². The fourth-order valence-electron chi connectivity index (χ4n) is 8.88. The first kappa shape index (κ1) is 37.1. The summed E-state index contributed by atoms with van der Waals surface area (Å²) >= 11 is 0. The van der Waals surface area contributed by atoms with E-state index in [2.05, 4.69) is 38.7 Å². The van der Waals surface area contributed by atoms with Gasteiger partial charge in [0.2, 0.25) is 11.8 Å². The molecule has 2 fully saturated rings. The fraction of sp³-hybridized carbons (Fsp3) is 0.409. The highest BCUT2D eigenvalue weighted by atomic mass is 16.5. The Morgan fingerprint density at radius 1 is 0.907 bits per heavy atom. The van der Waals surface area contributed by atoms with Gasteiger partial charge in [-0.05, 0) is 97.9 Å². The maximum Gasteiger partial charge on any atom is 0.330 e. The quantitative estimate of drug-likeness (QED) is 0.0898. The van der Waals surface area contributed by atoms with Crippen molar-refractivity contribution in [2.45, 2.75) is 95.1 Å². The number of hydrogen-bond acceptors (Lipinski definition) is 6. The van der Waals surface area contributed by atoms with E-state index in [1.54, 1.807) is 25.1 Å². The average Bonchev–Trinajstić information content (AvgIpc) is 3.82. The second-order valence-corrected chi connectivity index (χ2v) is 14.8. The van der Waals surface area contributed by atoms with Crippen molar-refractivity contribution < 1.29 is 29.0 Å². The summed E-state index contributed by atoms with van der Waals surface area (Å²) in [6.07, 6.45) is 12.4. The Balaban J connectivity index is 1.24.